The number of carboxylic acid groups (broad SMARTS) is 1. The van der Waals surface area contributed by atoms with Crippen molar-refractivity contribution in [3.63, 3.8) is 0 Å². The van der Waals surface area contributed by atoms with Gasteiger partial charge in [0.2, 0.25) is 0 Å². The summed E-state index contributed by atoms with van der Waals surface area (Å²) in [5.41, 5.74) is 2.12. The lowest BCUT2D eigenvalue weighted by Gasteiger charge is -2.32. The normalized spacial score (nSPS) is 18.8. The summed E-state index contributed by atoms with van der Waals surface area (Å²) in [6, 6.07) is 7.86. The van der Waals surface area contributed by atoms with Crippen LogP contribution in [0.3, 0.4) is 0 Å². The third-order valence-electron chi connectivity index (χ3n) is 4.38. The molecule has 1 aliphatic heterocycles. The molecule has 2 heterocycles. The van der Waals surface area contributed by atoms with Crippen molar-refractivity contribution in [2.24, 2.45) is 5.92 Å². The summed E-state index contributed by atoms with van der Waals surface area (Å²) >= 11 is 6.26. The van der Waals surface area contributed by atoms with Crippen LogP contribution in [-0.2, 0) is 16.1 Å². The fourth-order valence-electron chi connectivity index (χ4n) is 3.31. The third kappa shape index (κ3) is 4.23. The summed E-state index contributed by atoms with van der Waals surface area (Å²) in [6.45, 7) is 3.05. The van der Waals surface area contributed by atoms with Crippen LogP contribution in [0.4, 0.5) is 0 Å². The van der Waals surface area contributed by atoms with Gasteiger partial charge in [0.05, 0.1) is 12.1 Å². The minimum absolute atomic E-state index is 0.220. The molecule has 0 bridgehead atoms. The van der Waals surface area contributed by atoms with Crippen LogP contribution in [0.5, 0.6) is 0 Å². The number of nitrogens with zero attached hydrogens (tertiary/aromatic N) is 2. The zero-order chi connectivity index (χ0) is 16.9. The lowest BCUT2D eigenvalue weighted by Crippen LogP contribution is -2.37. The van der Waals surface area contributed by atoms with Crippen molar-refractivity contribution in [2.45, 2.75) is 19.4 Å². The Hall–Kier alpha value is -1.69. The highest BCUT2D eigenvalue weighted by atomic mass is 35.5. The summed E-state index contributed by atoms with van der Waals surface area (Å²) < 4.78 is 5.26. The molecule has 0 radical (unpaired) electrons. The number of hydrogen-bond donors (Lipinski definition) is 1. The van der Waals surface area contributed by atoms with Crippen LogP contribution in [0.1, 0.15) is 18.4 Å². The second kappa shape index (κ2) is 7.92. The van der Waals surface area contributed by atoms with E-state index in [9.17, 15) is 4.79 Å². The van der Waals surface area contributed by atoms with E-state index in [2.05, 4.69) is 9.88 Å². The van der Waals surface area contributed by atoms with Crippen LogP contribution in [0.15, 0.2) is 30.5 Å². The SMILES string of the molecule is O=C(O)COCC1CCCN(Cc2ccc(Cl)c3cccnc23)C1. The summed E-state index contributed by atoms with van der Waals surface area (Å²) in [6.07, 6.45) is 3.97. The van der Waals surface area contributed by atoms with Crippen LogP contribution < -0.4 is 0 Å². The van der Waals surface area contributed by atoms with Gasteiger partial charge in [-0.25, -0.2) is 4.79 Å². The fraction of sp³-hybridized carbons (Fsp3) is 0.444. The van der Waals surface area contributed by atoms with Gasteiger partial charge in [-0.15, -0.1) is 0 Å². The molecule has 1 atom stereocenters. The molecule has 1 saturated heterocycles. The van der Waals surface area contributed by atoms with Gasteiger partial charge < -0.3 is 9.84 Å². The highest BCUT2D eigenvalue weighted by Crippen LogP contribution is 2.27. The molecule has 6 heteroatoms. The van der Waals surface area contributed by atoms with E-state index in [-0.39, 0.29) is 6.61 Å². The number of halogens is 1. The van der Waals surface area contributed by atoms with E-state index in [0.717, 1.165) is 48.4 Å². The summed E-state index contributed by atoms with van der Waals surface area (Å²) in [7, 11) is 0. The maximum atomic E-state index is 10.5. The lowest BCUT2D eigenvalue weighted by atomic mass is 9.98. The molecule has 24 heavy (non-hydrogen) atoms. The van der Waals surface area contributed by atoms with Crippen LogP contribution in [0, 0.1) is 5.92 Å². The van der Waals surface area contributed by atoms with E-state index in [0.29, 0.717) is 12.5 Å². The molecule has 0 spiro atoms. The van der Waals surface area contributed by atoms with Crippen molar-refractivity contribution in [1.29, 1.82) is 0 Å². The number of aliphatic carboxylic acids is 1. The van der Waals surface area contributed by atoms with Crippen molar-refractivity contribution in [3.8, 4) is 0 Å². The second-order valence-electron chi connectivity index (χ2n) is 6.26. The first-order valence-electron chi connectivity index (χ1n) is 8.17. The number of ether oxygens (including phenoxy) is 1. The van der Waals surface area contributed by atoms with Crippen LogP contribution >= 0.6 is 11.6 Å². The smallest absolute Gasteiger partial charge is 0.329 e. The number of hydrogen-bond acceptors (Lipinski definition) is 4. The Kier molecular flexibility index (Phi) is 5.66. The molecule has 0 saturated carbocycles. The number of carboxylic acids is 1. The van der Waals surface area contributed by atoms with E-state index in [1.807, 2.05) is 24.3 Å². The van der Waals surface area contributed by atoms with E-state index < -0.39 is 5.97 Å². The van der Waals surface area contributed by atoms with Crippen molar-refractivity contribution < 1.29 is 14.6 Å². The van der Waals surface area contributed by atoms with Crippen molar-refractivity contribution >= 4 is 28.5 Å². The van der Waals surface area contributed by atoms with Gasteiger partial charge in [0.15, 0.2) is 0 Å². The number of aromatic nitrogens is 1. The molecule has 2 aromatic rings. The van der Waals surface area contributed by atoms with Gasteiger partial charge in [-0.1, -0.05) is 17.7 Å². The molecule has 1 N–H and O–H groups in total. The zero-order valence-corrected chi connectivity index (χ0v) is 14.2. The van der Waals surface area contributed by atoms with Crippen LogP contribution in [0.25, 0.3) is 10.9 Å². The molecule has 128 valence electrons. The van der Waals surface area contributed by atoms with Crippen LogP contribution in [0.2, 0.25) is 5.02 Å². The first kappa shape index (κ1) is 17.1. The van der Waals surface area contributed by atoms with Gasteiger partial charge in [0.25, 0.3) is 0 Å². The molecule has 1 unspecified atom stereocenters. The quantitative estimate of drug-likeness (QED) is 0.868. The largest absolute Gasteiger partial charge is 0.480 e. The standard InChI is InChI=1S/C18H21ClN2O3/c19-16-6-5-14(18-15(16)4-1-7-20-18)10-21-8-2-3-13(9-21)11-24-12-17(22)23/h1,4-7,13H,2-3,8-12H2,(H,22,23). The first-order chi connectivity index (χ1) is 11.6. The van der Waals surface area contributed by atoms with E-state index in [1.54, 1.807) is 6.20 Å². The number of piperidine rings is 1. The number of likely N-dealkylation sites (tertiary alicyclic amines) is 1. The van der Waals surface area contributed by atoms with Gasteiger partial charge >= 0.3 is 5.97 Å². The van der Waals surface area contributed by atoms with Crippen molar-refractivity contribution in [1.82, 2.24) is 9.88 Å². The monoisotopic (exact) mass is 348 g/mol. The predicted molar refractivity (Wildman–Crippen MR) is 93.2 cm³/mol. The summed E-state index contributed by atoms with van der Waals surface area (Å²) in [4.78, 5) is 17.4. The lowest BCUT2D eigenvalue weighted by molar-refractivity contribution is -0.142. The average molecular weight is 349 g/mol. The van der Waals surface area contributed by atoms with Gasteiger partial charge in [-0.05, 0) is 49.1 Å². The van der Waals surface area contributed by atoms with E-state index in [1.165, 1.54) is 5.56 Å². The Morgan fingerprint density at radius 3 is 3.12 bits per heavy atom. The molecule has 1 aromatic carbocycles. The zero-order valence-electron chi connectivity index (χ0n) is 13.4. The Labute approximate surface area is 146 Å². The number of rotatable bonds is 6. The molecule has 5 nitrogen and oxygen atoms in total. The Bertz CT molecular complexity index is 722. The maximum Gasteiger partial charge on any atom is 0.329 e. The summed E-state index contributed by atoms with van der Waals surface area (Å²) in [5.74, 6) is -0.536. The van der Waals surface area contributed by atoms with Crippen LogP contribution in [-0.4, -0.2) is 47.3 Å². The minimum atomic E-state index is -0.915. The molecular formula is C18H21ClN2O3. The number of fused-ring (bicyclic) bond motifs is 1. The van der Waals surface area contributed by atoms with Gasteiger partial charge in [-0.3, -0.25) is 9.88 Å². The molecule has 3 rings (SSSR count). The number of carbonyl (C=O) groups is 1. The number of pyridine rings is 1. The maximum absolute atomic E-state index is 10.5. The molecular weight excluding hydrogens is 328 g/mol. The van der Waals surface area contributed by atoms with Gasteiger partial charge in [0.1, 0.15) is 6.61 Å². The highest BCUT2D eigenvalue weighted by molar-refractivity contribution is 6.35. The molecule has 1 aliphatic rings. The average Bonchev–Trinajstić information content (AvgIpc) is 2.58. The summed E-state index contributed by atoms with van der Waals surface area (Å²) in [5, 5.41) is 10.4. The van der Waals surface area contributed by atoms with Crippen molar-refractivity contribution in [3.05, 3.63) is 41.0 Å². The minimum Gasteiger partial charge on any atom is -0.480 e. The molecule has 0 aliphatic carbocycles. The Morgan fingerprint density at radius 1 is 1.42 bits per heavy atom. The molecule has 1 aromatic heterocycles. The van der Waals surface area contributed by atoms with Gasteiger partial charge in [-0.2, -0.15) is 0 Å². The second-order valence-corrected chi connectivity index (χ2v) is 6.67. The Morgan fingerprint density at radius 2 is 2.29 bits per heavy atom. The van der Waals surface area contributed by atoms with E-state index >= 15 is 0 Å². The molecule has 1 fully saturated rings. The Balaban J connectivity index is 1.65. The van der Waals surface area contributed by atoms with Crippen molar-refractivity contribution in [2.75, 3.05) is 26.3 Å². The first-order valence-corrected chi connectivity index (χ1v) is 8.55. The third-order valence-corrected chi connectivity index (χ3v) is 4.71. The van der Waals surface area contributed by atoms with E-state index in [4.69, 9.17) is 21.4 Å². The highest BCUT2D eigenvalue weighted by Gasteiger charge is 2.21. The topological polar surface area (TPSA) is 62.7 Å². The fourth-order valence-corrected chi connectivity index (χ4v) is 3.52. The molecule has 0 amide bonds. The van der Waals surface area contributed by atoms with Gasteiger partial charge in [0, 0.05) is 29.7 Å². The predicted octanol–water partition coefficient (Wildman–Crippen LogP) is 3.20. The number of benzene rings is 1.